The summed E-state index contributed by atoms with van der Waals surface area (Å²) in [4.78, 5) is 10.9. The molecule has 3 nitrogen and oxygen atoms in total. The van der Waals surface area contributed by atoms with Gasteiger partial charge in [-0.1, -0.05) is 37.3 Å². The lowest BCUT2D eigenvalue weighted by atomic mass is 9.93. The molecule has 3 heteroatoms. The maximum Gasteiger partial charge on any atom is 0.310 e. The monoisotopic (exact) mass is 249 g/mol. The van der Waals surface area contributed by atoms with Crippen LogP contribution in [0.1, 0.15) is 38.7 Å². The number of hydrogen-bond donors (Lipinski definition) is 2. The van der Waals surface area contributed by atoms with Crippen LogP contribution in [0.3, 0.4) is 0 Å². The lowest BCUT2D eigenvalue weighted by molar-refractivity contribution is -0.146. The molecule has 0 saturated heterocycles. The SMILES string of the molecule is CC(CCNCC(C)(C)C(=O)O)c1ccccc1. The minimum absolute atomic E-state index is 0.492. The summed E-state index contributed by atoms with van der Waals surface area (Å²) in [6.07, 6.45) is 1.01. The maximum atomic E-state index is 10.9. The van der Waals surface area contributed by atoms with Crippen molar-refractivity contribution in [1.82, 2.24) is 5.32 Å². The van der Waals surface area contributed by atoms with Gasteiger partial charge in [0.1, 0.15) is 0 Å². The average molecular weight is 249 g/mol. The zero-order valence-corrected chi connectivity index (χ0v) is 11.4. The third kappa shape index (κ3) is 4.49. The van der Waals surface area contributed by atoms with E-state index in [-0.39, 0.29) is 0 Å². The Morgan fingerprint density at radius 3 is 2.50 bits per heavy atom. The summed E-state index contributed by atoms with van der Waals surface area (Å²) in [6.45, 7) is 7.02. The molecule has 100 valence electrons. The Morgan fingerprint density at radius 2 is 1.94 bits per heavy atom. The van der Waals surface area contributed by atoms with E-state index in [0.29, 0.717) is 12.5 Å². The van der Waals surface area contributed by atoms with Crippen molar-refractivity contribution in [1.29, 1.82) is 0 Å². The molecule has 0 saturated carbocycles. The molecule has 0 aliphatic rings. The lowest BCUT2D eigenvalue weighted by Gasteiger charge is -2.20. The van der Waals surface area contributed by atoms with Crippen molar-refractivity contribution >= 4 is 5.97 Å². The largest absolute Gasteiger partial charge is 0.481 e. The lowest BCUT2D eigenvalue weighted by Crippen LogP contribution is -2.36. The van der Waals surface area contributed by atoms with E-state index in [1.54, 1.807) is 13.8 Å². The second kappa shape index (κ2) is 6.55. The van der Waals surface area contributed by atoms with Gasteiger partial charge in [0.2, 0.25) is 0 Å². The van der Waals surface area contributed by atoms with E-state index in [4.69, 9.17) is 5.11 Å². The fourth-order valence-corrected chi connectivity index (χ4v) is 1.74. The normalized spacial score (nSPS) is 13.3. The Kier molecular flexibility index (Phi) is 5.35. The predicted molar refractivity (Wildman–Crippen MR) is 73.8 cm³/mol. The van der Waals surface area contributed by atoms with Gasteiger partial charge >= 0.3 is 5.97 Å². The minimum Gasteiger partial charge on any atom is -0.481 e. The van der Waals surface area contributed by atoms with Crippen LogP contribution in [0.25, 0.3) is 0 Å². The Balaban J connectivity index is 2.29. The number of carbonyl (C=O) groups is 1. The zero-order valence-electron chi connectivity index (χ0n) is 11.4. The molecule has 1 atom stereocenters. The van der Waals surface area contributed by atoms with Crippen LogP contribution in [-0.4, -0.2) is 24.2 Å². The Morgan fingerprint density at radius 1 is 1.33 bits per heavy atom. The Labute approximate surface area is 109 Å². The van der Waals surface area contributed by atoms with Gasteiger partial charge in [-0.2, -0.15) is 0 Å². The Bertz CT molecular complexity index is 373. The van der Waals surface area contributed by atoms with Gasteiger partial charge in [0.25, 0.3) is 0 Å². The molecule has 0 bridgehead atoms. The first kappa shape index (κ1) is 14.7. The topological polar surface area (TPSA) is 49.3 Å². The van der Waals surface area contributed by atoms with E-state index in [1.165, 1.54) is 5.56 Å². The molecule has 0 fully saturated rings. The highest BCUT2D eigenvalue weighted by atomic mass is 16.4. The first-order valence-electron chi connectivity index (χ1n) is 6.42. The molecule has 0 radical (unpaired) electrons. The van der Waals surface area contributed by atoms with Gasteiger partial charge in [-0.15, -0.1) is 0 Å². The first-order chi connectivity index (χ1) is 8.43. The smallest absolute Gasteiger partial charge is 0.310 e. The Hall–Kier alpha value is -1.35. The van der Waals surface area contributed by atoms with Crippen LogP contribution >= 0.6 is 0 Å². The molecule has 2 N–H and O–H groups in total. The van der Waals surface area contributed by atoms with Crippen molar-refractivity contribution in [2.75, 3.05) is 13.1 Å². The van der Waals surface area contributed by atoms with Crippen LogP contribution in [-0.2, 0) is 4.79 Å². The molecule has 1 unspecified atom stereocenters. The van der Waals surface area contributed by atoms with E-state index in [9.17, 15) is 4.79 Å². The van der Waals surface area contributed by atoms with E-state index in [0.717, 1.165) is 13.0 Å². The summed E-state index contributed by atoms with van der Waals surface area (Å²) in [5.74, 6) is -0.266. The average Bonchev–Trinajstić information content (AvgIpc) is 2.35. The molecule has 1 rings (SSSR count). The number of benzene rings is 1. The molecule has 0 amide bonds. The van der Waals surface area contributed by atoms with Gasteiger partial charge in [0.05, 0.1) is 5.41 Å². The van der Waals surface area contributed by atoms with Crippen molar-refractivity contribution in [3.63, 3.8) is 0 Å². The summed E-state index contributed by atoms with van der Waals surface area (Å²) in [6, 6.07) is 10.4. The molecule has 0 aliphatic heterocycles. The van der Waals surface area contributed by atoms with Crippen molar-refractivity contribution in [3.05, 3.63) is 35.9 Å². The molecule has 0 spiro atoms. The van der Waals surface area contributed by atoms with Crippen LogP contribution in [0.4, 0.5) is 0 Å². The van der Waals surface area contributed by atoms with Crippen molar-refractivity contribution in [2.24, 2.45) is 5.41 Å². The van der Waals surface area contributed by atoms with Gasteiger partial charge in [-0.3, -0.25) is 4.79 Å². The van der Waals surface area contributed by atoms with Crippen LogP contribution in [0.15, 0.2) is 30.3 Å². The third-order valence-corrected chi connectivity index (χ3v) is 3.27. The number of carboxylic acid groups (broad SMARTS) is 1. The summed E-state index contributed by atoms with van der Waals surface area (Å²) in [5, 5.41) is 12.2. The zero-order chi connectivity index (χ0) is 13.6. The second-order valence-electron chi connectivity index (χ2n) is 5.47. The quantitative estimate of drug-likeness (QED) is 0.730. The fraction of sp³-hybridized carbons (Fsp3) is 0.533. The van der Waals surface area contributed by atoms with Crippen molar-refractivity contribution < 1.29 is 9.90 Å². The highest BCUT2D eigenvalue weighted by molar-refractivity contribution is 5.73. The van der Waals surface area contributed by atoms with Crippen molar-refractivity contribution in [3.8, 4) is 0 Å². The standard InChI is InChI=1S/C15H23NO2/c1-12(13-7-5-4-6-8-13)9-10-16-11-15(2,3)14(17)18/h4-8,12,16H,9-11H2,1-3H3,(H,17,18). The highest BCUT2D eigenvalue weighted by Gasteiger charge is 2.26. The number of rotatable bonds is 7. The van der Waals surface area contributed by atoms with Gasteiger partial charge in [0, 0.05) is 6.54 Å². The molecule has 0 heterocycles. The van der Waals surface area contributed by atoms with Gasteiger partial charge < -0.3 is 10.4 Å². The maximum absolute atomic E-state index is 10.9. The number of nitrogens with one attached hydrogen (secondary N) is 1. The number of hydrogen-bond acceptors (Lipinski definition) is 2. The predicted octanol–water partition coefficient (Wildman–Crippen LogP) is 2.88. The van der Waals surface area contributed by atoms with Crippen LogP contribution < -0.4 is 5.32 Å². The number of carboxylic acids is 1. The summed E-state index contributed by atoms with van der Waals surface area (Å²) < 4.78 is 0. The van der Waals surface area contributed by atoms with Crippen LogP contribution in [0.5, 0.6) is 0 Å². The van der Waals surface area contributed by atoms with Gasteiger partial charge in [-0.25, -0.2) is 0 Å². The van der Waals surface area contributed by atoms with Gasteiger partial charge in [0.15, 0.2) is 0 Å². The van der Waals surface area contributed by atoms with Crippen molar-refractivity contribution in [2.45, 2.75) is 33.1 Å². The molecule has 1 aromatic rings. The third-order valence-electron chi connectivity index (χ3n) is 3.27. The molecule has 18 heavy (non-hydrogen) atoms. The highest BCUT2D eigenvalue weighted by Crippen LogP contribution is 2.18. The number of aliphatic carboxylic acids is 1. The second-order valence-corrected chi connectivity index (χ2v) is 5.47. The molecule has 1 aromatic carbocycles. The van der Waals surface area contributed by atoms with E-state index >= 15 is 0 Å². The van der Waals surface area contributed by atoms with E-state index < -0.39 is 11.4 Å². The summed E-state index contributed by atoms with van der Waals surface area (Å²) >= 11 is 0. The first-order valence-corrected chi connectivity index (χ1v) is 6.42. The minimum atomic E-state index is -0.758. The van der Waals surface area contributed by atoms with Gasteiger partial charge in [-0.05, 0) is 38.3 Å². The molecular weight excluding hydrogens is 226 g/mol. The molecule has 0 aromatic heterocycles. The van der Waals surface area contributed by atoms with Crippen LogP contribution in [0.2, 0.25) is 0 Å². The molecule has 0 aliphatic carbocycles. The summed E-state index contributed by atoms with van der Waals surface area (Å²) in [5.41, 5.74) is 0.632. The molecular formula is C15H23NO2. The summed E-state index contributed by atoms with van der Waals surface area (Å²) in [7, 11) is 0. The van der Waals surface area contributed by atoms with E-state index in [2.05, 4.69) is 24.4 Å². The fourth-order valence-electron chi connectivity index (χ4n) is 1.74. The van der Waals surface area contributed by atoms with E-state index in [1.807, 2.05) is 18.2 Å². The van der Waals surface area contributed by atoms with Crippen LogP contribution in [0, 0.1) is 5.41 Å².